The van der Waals surface area contributed by atoms with Gasteiger partial charge in [-0.2, -0.15) is 0 Å². The monoisotopic (exact) mass is 277 g/mol. The van der Waals surface area contributed by atoms with E-state index in [1.165, 1.54) is 6.07 Å². The smallest absolute Gasteiger partial charge is 0.296 e. The lowest BCUT2D eigenvalue weighted by Crippen LogP contribution is -2.25. The van der Waals surface area contributed by atoms with Gasteiger partial charge in [0, 0.05) is 6.54 Å². The van der Waals surface area contributed by atoms with Crippen LogP contribution in [0.4, 0.5) is 17.1 Å². The fourth-order valence-electron chi connectivity index (χ4n) is 2.11. The molecule has 1 saturated carbocycles. The number of amides is 1. The van der Waals surface area contributed by atoms with Gasteiger partial charge in [0.25, 0.3) is 11.6 Å². The molecule has 1 fully saturated rings. The highest BCUT2D eigenvalue weighted by Crippen LogP contribution is 2.46. The predicted octanol–water partition coefficient (Wildman–Crippen LogP) is 2.14. The second-order valence-electron chi connectivity index (χ2n) is 5.62. The molecule has 0 bridgehead atoms. The van der Waals surface area contributed by atoms with Crippen molar-refractivity contribution in [3.05, 3.63) is 22.2 Å². The van der Waals surface area contributed by atoms with Gasteiger partial charge in [-0.3, -0.25) is 14.9 Å². The van der Waals surface area contributed by atoms with Crippen LogP contribution in [-0.4, -0.2) is 24.0 Å². The van der Waals surface area contributed by atoms with Crippen LogP contribution < -0.4 is 15.4 Å². The number of rotatable bonds is 4. The van der Waals surface area contributed by atoms with Crippen molar-refractivity contribution in [1.29, 1.82) is 0 Å². The summed E-state index contributed by atoms with van der Waals surface area (Å²) in [6, 6.07) is 2.92. The lowest BCUT2D eigenvalue weighted by atomic mass is 10.1. The maximum Gasteiger partial charge on any atom is 0.296 e. The summed E-state index contributed by atoms with van der Waals surface area (Å²) in [5, 5.41) is 16.9. The molecule has 1 amide bonds. The average Bonchev–Trinajstić information content (AvgIpc) is 3.13. The van der Waals surface area contributed by atoms with Crippen molar-refractivity contribution >= 4 is 23.0 Å². The molecule has 1 aliphatic carbocycles. The fraction of sp³-hybridized carbons (Fsp3) is 0.462. The van der Waals surface area contributed by atoms with Gasteiger partial charge in [-0.1, -0.05) is 6.92 Å². The predicted molar refractivity (Wildman–Crippen MR) is 73.1 cm³/mol. The van der Waals surface area contributed by atoms with E-state index >= 15 is 0 Å². The Morgan fingerprint density at radius 1 is 1.50 bits per heavy atom. The van der Waals surface area contributed by atoms with E-state index in [4.69, 9.17) is 4.74 Å². The summed E-state index contributed by atoms with van der Waals surface area (Å²) in [7, 11) is 0. The lowest BCUT2D eigenvalue weighted by molar-refractivity contribution is -0.384. The number of benzene rings is 1. The summed E-state index contributed by atoms with van der Waals surface area (Å²) < 4.78 is 5.20. The highest BCUT2D eigenvalue weighted by Gasteiger charge is 2.37. The molecule has 0 aromatic heterocycles. The average molecular weight is 277 g/mol. The normalized spacial score (nSPS) is 18.6. The number of carbonyl (C=O) groups is 1. The van der Waals surface area contributed by atoms with Crippen molar-refractivity contribution in [1.82, 2.24) is 0 Å². The number of nitro groups is 1. The maximum atomic E-state index is 11.3. The minimum Gasteiger partial charge on any atom is -0.481 e. The Labute approximate surface area is 115 Å². The van der Waals surface area contributed by atoms with E-state index in [2.05, 4.69) is 17.6 Å². The highest BCUT2D eigenvalue weighted by atomic mass is 16.6. The van der Waals surface area contributed by atoms with E-state index in [9.17, 15) is 14.9 Å². The first-order valence-electron chi connectivity index (χ1n) is 6.46. The van der Waals surface area contributed by atoms with Gasteiger partial charge >= 0.3 is 0 Å². The molecule has 1 heterocycles. The van der Waals surface area contributed by atoms with E-state index in [-0.39, 0.29) is 23.6 Å². The Morgan fingerprint density at radius 3 is 2.90 bits per heavy atom. The molecule has 0 atom stereocenters. The third-order valence-corrected chi connectivity index (χ3v) is 3.74. The van der Waals surface area contributed by atoms with Gasteiger partial charge in [0.1, 0.15) is 5.69 Å². The Hall–Kier alpha value is -2.31. The summed E-state index contributed by atoms with van der Waals surface area (Å²) in [5.74, 6) is 0.0749. The van der Waals surface area contributed by atoms with Crippen LogP contribution in [0.2, 0.25) is 0 Å². The minimum atomic E-state index is -0.447. The van der Waals surface area contributed by atoms with Crippen molar-refractivity contribution in [3.8, 4) is 5.75 Å². The molecule has 0 spiro atoms. The van der Waals surface area contributed by atoms with Gasteiger partial charge < -0.3 is 15.4 Å². The molecular formula is C13H15N3O4. The largest absolute Gasteiger partial charge is 0.481 e. The van der Waals surface area contributed by atoms with E-state index in [1.807, 2.05) is 0 Å². The summed E-state index contributed by atoms with van der Waals surface area (Å²) >= 11 is 0. The molecule has 7 nitrogen and oxygen atoms in total. The van der Waals surface area contributed by atoms with Crippen LogP contribution in [0.1, 0.15) is 19.8 Å². The van der Waals surface area contributed by atoms with Crippen LogP contribution in [0, 0.1) is 15.5 Å². The number of ether oxygens (including phenoxy) is 1. The molecule has 20 heavy (non-hydrogen) atoms. The van der Waals surface area contributed by atoms with Crippen molar-refractivity contribution in [3.63, 3.8) is 0 Å². The molecular weight excluding hydrogens is 262 g/mol. The molecule has 0 saturated heterocycles. The molecule has 0 radical (unpaired) electrons. The molecule has 1 aromatic rings. The topological polar surface area (TPSA) is 93.5 Å². The van der Waals surface area contributed by atoms with Crippen LogP contribution in [-0.2, 0) is 4.79 Å². The third-order valence-electron chi connectivity index (χ3n) is 3.74. The third kappa shape index (κ3) is 2.38. The lowest BCUT2D eigenvalue weighted by Gasteiger charge is -2.19. The zero-order chi connectivity index (χ0) is 14.3. The van der Waals surface area contributed by atoms with Crippen molar-refractivity contribution < 1.29 is 14.5 Å². The summed E-state index contributed by atoms with van der Waals surface area (Å²) in [5.41, 5.74) is 1.07. The molecule has 2 N–H and O–H groups in total. The summed E-state index contributed by atoms with van der Waals surface area (Å²) in [4.78, 5) is 22.0. The molecule has 106 valence electrons. The van der Waals surface area contributed by atoms with Gasteiger partial charge in [0.2, 0.25) is 0 Å². The van der Waals surface area contributed by atoms with Crippen LogP contribution in [0.3, 0.4) is 0 Å². The number of nitrogens with one attached hydrogen (secondary N) is 2. The number of hydrogen-bond donors (Lipinski definition) is 2. The van der Waals surface area contributed by atoms with Crippen LogP contribution in [0.25, 0.3) is 0 Å². The Bertz CT molecular complexity index is 596. The number of carbonyl (C=O) groups excluding carboxylic acids is 1. The van der Waals surface area contributed by atoms with Gasteiger partial charge in [-0.05, 0) is 24.3 Å². The molecule has 7 heteroatoms. The number of nitrogens with zero attached hydrogens (tertiary/aromatic N) is 1. The zero-order valence-electron chi connectivity index (χ0n) is 11.1. The van der Waals surface area contributed by atoms with Crippen LogP contribution in [0.5, 0.6) is 5.75 Å². The van der Waals surface area contributed by atoms with Gasteiger partial charge in [0.05, 0.1) is 16.7 Å². The SMILES string of the molecule is CC1(CNc2cc3c(cc2[N+](=O)[O-])OCC(=O)N3)CC1. The standard InChI is InChI=1S/C13H15N3O4/c1-13(2-3-13)7-14-8-4-9-11(5-10(8)16(18)19)20-6-12(17)15-9/h4-5,14H,2-3,6-7H2,1H3,(H,15,17). The summed E-state index contributed by atoms with van der Waals surface area (Å²) in [6.07, 6.45) is 2.25. The number of fused-ring (bicyclic) bond motifs is 1. The van der Waals surface area contributed by atoms with Crippen molar-refractivity contribution in [2.45, 2.75) is 19.8 Å². The first kappa shape index (κ1) is 12.7. The van der Waals surface area contributed by atoms with Gasteiger partial charge in [-0.25, -0.2) is 0 Å². The zero-order valence-corrected chi connectivity index (χ0v) is 11.1. The van der Waals surface area contributed by atoms with Gasteiger partial charge in [-0.15, -0.1) is 0 Å². The van der Waals surface area contributed by atoms with E-state index in [0.717, 1.165) is 12.8 Å². The Morgan fingerprint density at radius 2 is 2.25 bits per heavy atom. The first-order valence-corrected chi connectivity index (χ1v) is 6.46. The van der Waals surface area contributed by atoms with E-state index in [1.54, 1.807) is 6.07 Å². The van der Waals surface area contributed by atoms with E-state index < -0.39 is 4.92 Å². The molecule has 1 aromatic carbocycles. The van der Waals surface area contributed by atoms with Crippen LogP contribution >= 0.6 is 0 Å². The summed E-state index contributed by atoms with van der Waals surface area (Å²) in [6.45, 7) is 2.70. The van der Waals surface area contributed by atoms with Crippen LogP contribution in [0.15, 0.2) is 12.1 Å². The number of hydrogen-bond acceptors (Lipinski definition) is 5. The molecule has 2 aliphatic rings. The maximum absolute atomic E-state index is 11.3. The highest BCUT2D eigenvalue weighted by molar-refractivity contribution is 5.96. The van der Waals surface area contributed by atoms with Crippen molar-refractivity contribution in [2.75, 3.05) is 23.8 Å². The first-order chi connectivity index (χ1) is 9.47. The Balaban J connectivity index is 1.91. The second-order valence-corrected chi connectivity index (χ2v) is 5.62. The van der Waals surface area contributed by atoms with Crippen molar-refractivity contribution in [2.24, 2.45) is 5.41 Å². The van der Waals surface area contributed by atoms with E-state index in [0.29, 0.717) is 23.7 Å². The minimum absolute atomic E-state index is 0.0378. The molecule has 1 aliphatic heterocycles. The second kappa shape index (κ2) is 4.36. The molecule has 0 unspecified atom stereocenters. The van der Waals surface area contributed by atoms with Gasteiger partial charge in [0.15, 0.2) is 12.4 Å². The molecule has 3 rings (SSSR count). The quantitative estimate of drug-likeness (QED) is 0.649. The Kier molecular flexibility index (Phi) is 2.77. The number of nitro benzene ring substituents is 1. The fourth-order valence-corrected chi connectivity index (χ4v) is 2.11. The number of anilines is 2.